The van der Waals surface area contributed by atoms with E-state index in [9.17, 15) is 9.90 Å². The maximum atomic E-state index is 12.8. The summed E-state index contributed by atoms with van der Waals surface area (Å²) in [5, 5.41) is 9.85. The summed E-state index contributed by atoms with van der Waals surface area (Å²) in [7, 11) is 0. The molecular formula is C18H28N4O3. The lowest BCUT2D eigenvalue weighted by atomic mass is 9.77. The molecule has 2 aliphatic heterocycles. The van der Waals surface area contributed by atoms with Crippen molar-refractivity contribution < 1.29 is 14.6 Å². The number of ether oxygens (including phenoxy) is 1. The predicted octanol–water partition coefficient (Wildman–Crippen LogP) is 1.33. The molecule has 0 unspecified atom stereocenters. The number of piperidine rings is 1. The first-order chi connectivity index (χ1) is 12.2. The molecule has 25 heavy (non-hydrogen) atoms. The minimum atomic E-state index is -0.155. The van der Waals surface area contributed by atoms with E-state index in [2.05, 4.69) is 21.8 Å². The number of rotatable bonds is 5. The number of carbonyl (C=O) groups excluding carboxylic acids is 1. The van der Waals surface area contributed by atoms with Gasteiger partial charge in [0.15, 0.2) is 0 Å². The highest BCUT2D eigenvalue weighted by Gasteiger charge is 2.36. The second-order valence-corrected chi connectivity index (χ2v) is 7.11. The van der Waals surface area contributed by atoms with Gasteiger partial charge in [0, 0.05) is 44.0 Å². The minimum absolute atomic E-state index is 0.0397. The summed E-state index contributed by atoms with van der Waals surface area (Å²) in [6, 6.07) is 0. The van der Waals surface area contributed by atoms with Crippen molar-refractivity contribution in [3.05, 3.63) is 18.0 Å². The molecule has 0 aromatic carbocycles. The van der Waals surface area contributed by atoms with Crippen molar-refractivity contribution in [2.24, 2.45) is 5.41 Å². The fourth-order valence-corrected chi connectivity index (χ4v) is 3.86. The van der Waals surface area contributed by atoms with Gasteiger partial charge in [-0.15, -0.1) is 0 Å². The second kappa shape index (κ2) is 8.10. The van der Waals surface area contributed by atoms with Crippen LogP contribution in [0.4, 0.5) is 5.95 Å². The van der Waals surface area contributed by atoms with Crippen LogP contribution in [-0.2, 0) is 4.74 Å². The number of aliphatic hydroxyl groups excluding tert-OH is 1. The van der Waals surface area contributed by atoms with Gasteiger partial charge < -0.3 is 19.6 Å². The Morgan fingerprint density at radius 2 is 2.00 bits per heavy atom. The molecule has 2 fully saturated rings. The van der Waals surface area contributed by atoms with Gasteiger partial charge >= 0.3 is 0 Å². The Labute approximate surface area is 149 Å². The largest absolute Gasteiger partial charge is 0.396 e. The molecule has 3 rings (SSSR count). The van der Waals surface area contributed by atoms with E-state index < -0.39 is 0 Å². The van der Waals surface area contributed by atoms with Gasteiger partial charge in [0.1, 0.15) is 0 Å². The monoisotopic (exact) mass is 348 g/mol. The Morgan fingerprint density at radius 3 is 2.64 bits per heavy atom. The Balaban J connectivity index is 1.67. The number of amides is 1. The Bertz CT molecular complexity index is 570. The van der Waals surface area contributed by atoms with Crippen molar-refractivity contribution in [1.82, 2.24) is 14.9 Å². The minimum Gasteiger partial charge on any atom is -0.396 e. The Kier molecular flexibility index (Phi) is 5.86. The summed E-state index contributed by atoms with van der Waals surface area (Å²) in [6.07, 6.45) is 7.11. The zero-order valence-electron chi connectivity index (χ0n) is 15.0. The van der Waals surface area contributed by atoms with Crippen LogP contribution in [-0.4, -0.2) is 71.9 Å². The molecule has 138 valence electrons. The SMILES string of the molecule is CCC[C@]1(CO)CCCN(C(=O)c2cnc(N3CCOCC3)nc2)C1. The van der Waals surface area contributed by atoms with Crippen molar-refractivity contribution in [2.75, 3.05) is 50.9 Å². The summed E-state index contributed by atoms with van der Waals surface area (Å²) in [5.41, 5.74) is 0.360. The number of hydrogen-bond donors (Lipinski definition) is 1. The van der Waals surface area contributed by atoms with Crippen LogP contribution in [0.3, 0.4) is 0 Å². The maximum Gasteiger partial charge on any atom is 0.257 e. The first-order valence-electron chi connectivity index (χ1n) is 9.22. The van der Waals surface area contributed by atoms with Crippen molar-refractivity contribution in [1.29, 1.82) is 0 Å². The summed E-state index contributed by atoms with van der Waals surface area (Å²) in [5.74, 6) is 0.608. The number of aromatic nitrogens is 2. The van der Waals surface area contributed by atoms with Gasteiger partial charge in [-0.1, -0.05) is 13.3 Å². The molecule has 0 aliphatic carbocycles. The number of aliphatic hydroxyl groups is 1. The third-order valence-corrected chi connectivity index (χ3v) is 5.24. The molecule has 2 aliphatic rings. The maximum absolute atomic E-state index is 12.8. The molecule has 0 radical (unpaired) electrons. The van der Waals surface area contributed by atoms with Gasteiger partial charge in [-0.25, -0.2) is 9.97 Å². The number of likely N-dealkylation sites (tertiary alicyclic amines) is 1. The predicted molar refractivity (Wildman–Crippen MR) is 94.6 cm³/mol. The Hall–Kier alpha value is -1.73. The van der Waals surface area contributed by atoms with Crippen LogP contribution in [0.1, 0.15) is 43.0 Å². The van der Waals surface area contributed by atoms with E-state index in [1.807, 2.05) is 4.90 Å². The average molecular weight is 348 g/mol. The number of morpholine rings is 1. The topological polar surface area (TPSA) is 78.8 Å². The van der Waals surface area contributed by atoms with E-state index in [0.717, 1.165) is 45.3 Å². The molecule has 3 heterocycles. The standard InChI is InChI=1S/C18H28N4O3/c1-2-4-18(14-23)5-3-6-22(13-18)16(24)15-11-19-17(20-12-15)21-7-9-25-10-8-21/h11-12,23H,2-10,13-14H2,1H3/t18-/m0/s1. The number of anilines is 1. The lowest BCUT2D eigenvalue weighted by Crippen LogP contribution is -2.48. The van der Waals surface area contributed by atoms with Gasteiger partial charge in [0.2, 0.25) is 5.95 Å². The smallest absolute Gasteiger partial charge is 0.257 e. The normalized spacial score (nSPS) is 24.4. The fourth-order valence-electron chi connectivity index (χ4n) is 3.86. The van der Waals surface area contributed by atoms with Gasteiger partial charge in [-0.2, -0.15) is 0 Å². The van der Waals surface area contributed by atoms with Gasteiger partial charge in [-0.3, -0.25) is 4.79 Å². The average Bonchev–Trinajstić information content (AvgIpc) is 2.68. The van der Waals surface area contributed by atoms with E-state index in [-0.39, 0.29) is 17.9 Å². The van der Waals surface area contributed by atoms with Gasteiger partial charge in [0.25, 0.3) is 5.91 Å². The molecule has 1 amide bonds. The van der Waals surface area contributed by atoms with Crippen LogP contribution in [0, 0.1) is 5.41 Å². The van der Waals surface area contributed by atoms with E-state index in [0.29, 0.717) is 31.3 Å². The van der Waals surface area contributed by atoms with Crippen molar-refractivity contribution in [3.8, 4) is 0 Å². The van der Waals surface area contributed by atoms with E-state index in [1.165, 1.54) is 0 Å². The number of nitrogens with zero attached hydrogens (tertiary/aromatic N) is 4. The zero-order chi connectivity index (χ0) is 17.7. The van der Waals surface area contributed by atoms with Crippen LogP contribution >= 0.6 is 0 Å². The van der Waals surface area contributed by atoms with Crippen molar-refractivity contribution in [2.45, 2.75) is 32.6 Å². The molecule has 1 atom stereocenters. The lowest BCUT2D eigenvalue weighted by Gasteiger charge is -2.41. The molecule has 0 bridgehead atoms. The highest BCUT2D eigenvalue weighted by Crippen LogP contribution is 2.34. The number of hydrogen-bond acceptors (Lipinski definition) is 6. The number of carbonyl (C=O) groups is 1. The summed E-state index contributed by atoms with van der Waals surface area (Å²) in [4.78, 5) is 25.5. The summed E-state index contributed by atoms with van der Waals surface area (Å²) >= 11 is 0. The second-order valence-electron chi connectivity index (χ2n) is 7.11. The van der Waals surface area contributed by atoms with Crippen molar-refractivity contribution >= 4 is 11.9 Å². The molecule has 7 nitrogen and oxygen atoms in total. The lowest BCUT2D eigenvalue weighted by molar-refractivity contribution is 0.0222. The molecule has 1 aromatic heterocycles. The van der Waals surface area contributed by atoms with Crippen LogP contribution in [0.25, 0.3) is 0 Å². The molecule has 1 aromatic rings. The third kappa shape index (κ3) is 4.10. The molecule has 1 N–H and O–H groups in total. The van der Waals surface area contributed by atoms with Crippen LogP contribution < -0.4 is 4.90 Å². The molecule has 2 saturated heterocycles. The van der Waals surface area contributed by atoms with Crippen LogP contribution in [0.5, 0.6) is 0 Å². The molecule has 7 heteroatoms. The highest BCUT2D eigenvalue weighted by atomic mass is 16.5. The molecular weight excluding hydrogens is 320 g/mol. The van der Waals surface area contributed by atoms with Gasteiger partial charge in [-0.05, 0) is 19.3 Å². The summed E-state index contributed by atoms with van der Waals surface area (Å²) in [6.45, 7) is 6.51. The van der Waals surface area contributed by atoms with Crippen LogP contribution in [0.2, 0.25) is 0 Å². The quantitative estimate of drug-likeness (QED) is 0.865. The zero-order valence-corrected chi connectivity index (χ0v) is 15.0. The fraction of sp³-hybridized carbons (Fsp3) is 0.722. The molecule has 0 saturated carbocycles. The summed E-state index contributed by atoms with van der Waals surface area (Å²) < 4.78 is 5.33. The molecule has 0 spiro atoms. The van der Waals surface area contributed by atoms with E-state index in [1.54, 1.807) is 12.4 Å². The first-order valence-corrected chi connectivity index (χ1v) is 9.22. The van der Waals surface area contributed by atoms with Crippen LogP contribution in [0.15, 0.2) is 12.4 Å². The first kappa shape index (κ1) is 18.1. The van der Waals surface area contributed by atoms with Gasteiger partial charge in [0.05, 0.1) is 25.4 Å². The van der Waals surface area contributed by atoms with Crippen molar-refractivity contribution in [3.63, 3.8) is 0 Å². The highest BCUT2D eigenvalue weighted by molar-refractivity contribution is 5.93. The van der Waals surface area contributed by atoms with E-state index in [4.69, 9.17) is 4.74 Å². The Morgan fingerprint density at radius 1 is 1.28 bits per heavy atom. The van der Waals surface area contributed by atoms with E-state index >= 15 is 0 Å². The third-order valence-electron chi connectivity index (χ3n) is 5.24.